The Hall–Kier alpha value is -2.86. The van der Waals surface area contributed by atoms with E-state index in [0.717, 1.165) is 56.5 Å². The maximum Gasteiger partial charge on any atom is 0.253 e. The highest BCUT2D eigenvalue weighted by Crippen LogP contribution is 2.34. The van der Waals surface area contributed by atoms with Gasteiger partial charge in [0.05, 0.1) is 22.3 Å². The SMILES string of the molecule is C=CCC1CNC(=O)c2cc(-c3cccc4nc(C)c(SCC(=C)C)nc34)[nH]c21. The average Bonchev–Trinajstić information content (AvgIpc) is 3.14. The van der Waals surface area contributed by atoms with Crippen molar-refractivity contribution in [3.63, 3.8) is 0 Å². The van der Waals surface area contributed by atoms with Crippen LogP contribution < -0.4 is 5.32 Å². The maximum absolute atomic E-state index is 12.4. The Morgan fingerprint density at radius 3 is 2.93 bits per heavy atom. The van der Waals surface area contributed by atoms with Gasteiger partial charge in [-0.05, 0) is 32.4 Å². The van der Waals surface area contributed by atoms with Gasteiger partial charge in [0.15, 0.2) is 0 Å². The zero-order chi connectivity index (χ0) is 20.5. The van der Waals surface area contributed by atoms with Crippen LogP contribution in [-0.2, 0) is 0 Å². The first-order valence-electron chi connectivity index (χ1n) is 9.65. The van der Waals surface area contributed by atoms with Crippen LogP contribution >= 0.6 is 11.8 Å². The largest absolute Gasteiger partial charge is 0.357 e. The first-order chi connectivity index (χ1) is 14.0. The zero-order valence-electron chi connectivity index (χ0n) is 16.7. The highest BCUT2D eigenvalue weighted by molar-refractivity contribution is 7.99. The Labute approximate surface area is 174 Å². The number of aryl methyl sites for hydroxylation is 1. The van der Waals surface area contributed by atoms with E-state index in [-0.39, 0.29) is 11.8 Å². The summed E-state index contributed by atoms with van der Waals surface area (Å²) in [6.07, 6.45) is 2.70. The Bertz CT molecular complexity index is 1130. The number of carbonyl (C=O) groups excluding carboxylic acids is 1. The molecule has 3 heterocycles. The monoisotopic (exact) mass is 404 g/mol. The summed E-state index contributed by atoms with van der Waals surface area (Å²) < 4.78 is 0. The molecule has 0 saturated carbocycles. The fraction of sp³-hybridized carbons (Fsp3) is 0.261. The number of rotatable bonds is 6. The van der Waals surface area contributed by atoms with Crippen molar-refractivity contribution < 1.29 is 4.79 Å². The lowest BCUT2D eigenvalue weighted by atomic mass is 9.94. The van der Waals surface area contributed by atoms with Crippen molar-refractivity contribution in [3.8, 4) is 11.3 Å². The summed E-state index contributed by atoms with van der Waals surface area (Å²) in [5.41, 5.74) is 7.20. The second kappa shape index (κ2) is 7.87. The lowest BCUT2D eigenvalue weighted by molar-refractivity contribution is 0.0940. The quantitative estimate of drug-likeness (QED) is 0.448. The molecule has 1 aliphatic heterocycles. The summed E-state index contributed by atoms with van der Waals surface area (Å²) in [6, 6.07) is 7.91. The van der Waals surface area contributed by atoms with E-state index in [2.05, 4.69) is 23.5 Å². The minimum absolute atomic E-state index is 0.0392. The number of hydrogen-bond acceptors (Lipinski definition) is 4. The van der Waals surface area contributed by atoms with Gasteiger partial charge < -0.3 is 10.3 Å². The number of fused-ring (bicyclic) bond motifs is 2. The van der Waals surface area contributed by atoms with E-state index in [0.29, 0.717) is 12.1 Å². The summed E-state index contributed by atoms with van der Waals surface area (Å²) in [4.78, 5) is 25.6. The van der Waals surface area contributed by atoms with Crippen molar-refractivity contribution in [2.24, 2.45) is 0 Å². The summed E-state index contributed by atoms with van der Waals surface area (Å²) in [6.45, 7) is 12.4. The van der Waals surface area contributed by atoms with Crippen LogP contribution in [0.5, 0.6) is 0 Å². The van der Waals surface area contributed by atoms with Crippen molar-refractivity contribution in [1.82, 2.24) is 20.3 Å². The van der Waals surface area contributed by atoms with Crippen LogP contribution in [0.25, 0.3) is 22.3 Å². The first kappa shape index (κ1) is 19.5. The first-order valence-corrected chi connectivity index (χ1v) is 10.6. The molecular weight excluding hydrogens is 380 g/mol. The van der Waals surface area contributed by atoms with Gasteiger partial charge in [0.2, 0.25) is 0 Å². The zero-order valence-corrected chi connectivity index (χ0v) is 17.5. The van der Waals surface area contributed by atoms with Gasteiger partial charge in [-0.25, -0.2) is 9.97 Å². The van der Waals surface area contributed by atoms with Crippen LogP contribution in [0, 0.1) is 6.92 Å². The summed E-state index contributed by atoms with van der Waals surface area (Å²) in [7, 11) is 0. The molecule has 0 spiro atoms. The number of nitrogens with one attached hydrogen (secondary N) is 2. The lowest BCUT2D eigenvalue weighted by Crippen LogP contribution is -2.34. The van der Waals surface area contributed by atoms with Gasteiger partial charge in [-0.3, -0.25) is 4.79 Å². The maximum atomic E-state index is 12.4. The number of amides is 1. The van der Waals surface area contributed by atoms with E-state index >= 15 is 0 Å². The fourth-order valence-electron chi connectivity index (χ4n) is 3.64. The molecule has 0 aliphatic carbocycles. The third kappa shape index (κ3) is 3.72. The van der Waals surface area contributed by atoms with Crippen LogP contribution in [0.2, 0.25) is 0 Å². The third-order valence-corrected chi connectivity index (χ3v) is 6.33. The van der Waals surface area contributed by atoms with Gasteiger partial charge >= 0.3 is 0 Å². The Morgan fingerprint density at radius 2 is 2.17 bits per heavy atom. The van der Waals surface area contributed by atoms with E-state index in [1.165, 1.54) is 0 Å². The smallest absolute Gasteiger partial charge is 0.253 e. The number of aromatic amines is 1. The van der Waals surface area contributed by atoms with Gasteiger partial charge in [-0.1, -0.05) is 30.4 Å². The summed E-state index contributed by atoms with van der Waals surface area (Å²) in [5, 5.41) is 3.88. The van der Waals surface area contributed by atoms with Crippen LogP contribution in [0.3, 0.4) is 0 Å². The molecule has 1 atom stereocenters. The molecule has 0 saturated heterocycles. The molecule has 5 nitrogen and oxygen atoms in total. The topological polar surface area (TPSA) is 70.7 Å². The van der Waals surface area contributed by atoms with Crippen molar-refractivity contribution in [3.05, 3.63) is 66.0 Å². The highest BCUT2D eigenvalue weighted by atomic mass is 32.2. The molecule has 2 N–H and O–H groups in total. The van der Waals surface area contributed by atoms with Crippen molar-refractivity contribution in [2.45, 2.75) is 31.2 Å². The number of H-pyrrole nitrogens is 1. The molecule has 4 rings (SSSR count). The second-order valence-electron chi connectivity index (χ2n) is 7.47. The molecule has 1 aliphatic rings. The van der Waals surface area contributed by atoms with Gasteiger partial charge in [0.1, 0.15) is 5.03 Å². The normalized spacial score (nSPS) is 15.8. The number of aromatic nitrogens is 3. The number of benzene rings is 1. The Morgan fingerprint density at radius 1 is 1.34 bits per heavy atom. The van der Waals surface area contributed by atoms with Crippen LogP contribution in [-0.4, -0.2) is 33.2 Å². The second-order valence-corrected chi connectivity index (χ2v) is 8.44. The molecule has 148 valence electrons. The van der Waals surface area contributed by atoms with Crippen LogP contribution in [0.15, 0.2) is 54.1 Å². The molecule has 0 radical (unpaired) electrons. The van der Waals surface area contributed by atoms with E-state index in [1.54, 1.807) is 11.8 Å². The van der Waals surface area contributed by atoms with Crippen molar-refractivity contribution >= 4 is 28.7 Å². The predicted molar refractivity (Wildman–Crippen MR) is 119 cm³/mol. The van der Waals surface area contributed by atoms with Crippen LogP contribution in [0.1, 0.15) is 41.0 Å². The predicted octanol–water partition coefficient (Wildman–Crippen LogP) is 5.00. The number of carbonyl (C=O) groups is 1. The van der Waals surface area contributed by atoms with E-state index < -0.39 is 0 Å². The van der Waals surface area contributed by atoms with E-state index in [1.807, 2.05) is 44.2 Å². The fourth-order valence-corrected chi connectivity index (χ4v) is 4.43. The molecular formula is C23H24N4OS. The minimum Gasteiger partial charge on any atom is -0.357 e. The molecule has 1 unspecified atom stereocenters. The highest BCUT2D eigenvalue weighted by Gasteiger charge is 2.27. The minimum atomic E-state index is -0.0392. The molecule has 2 aromatic heterocycles. The molecule has 6 heteroatoms. The molecule has 1 aromatic carbocycles. The van der Waals surface area contributed by atoms with Gasteiger partial charge in [-0.2, -0.15) is 0 Å². The van der Waals surface area contributed by atoms with E-state index in [4.69, 9.17) is 9.97 Å². The molecule has 0 fully saturated rings. The van der Waals surface area contributed by atoms with E-state index in [9.17, 15) is 4.79 Å². The molecule has 29 heavy (non-hydrogen) atoms. The standard InChI is InChI=1S/C23H24N4OS/c1-5-7-15-11-24-22(28)17-10-19(26-20(15)17)16-8-6-9-18-21(16)27-23(14(4)25-18)29-12-13(2)3/h5-6,8-10,15,26H,1-2,7,11-12H2,3-4H3,(H,24,28). The molecule has 0 bridgehead atoms. The van der Waals surface area contributed by atoms with Crippen molar-refractivity contribution in [1.29, 1.82) is 0 Å². The summed E-state index contributed by atoms with van der Waals surface area (Å²) >= 11 is 1.65. The third-order valence-electron chi connectivity index (χ3n) is 5.03. The van der Waals surface area contributed by atoms with Crippen molar-refractivity contribution in [2.75, 3.05) is 12.3 Å². The number of hydrogen-bond donors (Lipinski definition) is 2. The number of allylic oxidation sites excluding steroid dienone is 1. The molecule has 3 aromatic rings. The number of thioether (sulfide) groups is 1. The average molecular weight is 405 g/mol. The van der Waals surface area contributed by atoms with Crippen LogP contribution in [0.4, 0.5) is 0 Å². The molecule has 1 amide bonds. The lowest BCUT2D eigenvalue weighted by Gasteiger charge is -2.21. The number of para-hydroxylation sites is 1. The number of nitrogens with zero attached hydrogens (tertiary/aromatic N) is 2. The van der Waals surface area contributed by atoms with Gasteiger partial charge in [0, 0.05) is 35.2 Å². The van der Waals surface area contributed by atoms with Gasteiger partial charge in [0.25, 0.3) is 5.91 Å². The Kier molecular flexibility index (Phi) is 5.28. The van der Waals surface area contributed by atoms with Gasteiger partial charge in [-0.15, -0.1) is 18.3 Å². The summed E-state index contributed by atoms with van der Waals surface area (Å²) in [5.74, 6) is 0.977. The Balaban J connectivity index is 1.83.